The van der Waals surface area contributed by atoms with Gasteiger partial charge >= 0.3 is 0 Å². The minimum Gasteiger partial charge on any atom is -0.309 e. The predicted molar refractivity (Wildman–Crippen MR) is 161 cm³/mol. The summed E-state index contributed by atoms with van der Waals surface area (Å²) in [7, 11) is -3.43. The van der Waals surface area contributed by atoms with E-state index in [9.17, 15) is 9.59 Å². The highest BCUT2D eigenvalue weighted by Crippen LogP contribution is 2.45. The molecule has 5 aromatic rings. The molecule has 5 aromatic carbocycles. The van der Waals surface area contributed by atoms with Crippen molar-refractivity contribution in [2.75, 3.05) is 0 Å². The summed E-state index contributed by atoms with van der Waals surface area (Å²) in [5.41, 5.74) is 0.153. The Bertz CT molecular complexity index is 1660. The van der Waals surface area contributed by atoms with Gasteiger partial charge in [0.2, 0.25) is 0 Å². The van der Waals surface area contributed by atoms with Crippen LogP contribution >= 0.6 is 7.14 Å². The zero-order valence-corrected chi connectivity index (χ0v) is 23.3. The maximum absolute atomic E-state index is 15.3. The quantitative estimate of drug-likeness (QED) is 0.129. The number of carbonyl (C=O) groups excluding carboxylic acids is 2. The number of ketones is 2. The van der Waals surface area contributed by atoms with Crippen molar-refractivity contribution in [3.05, 3.63) is 139 Å². The molecule has 5 rings (SSSR count). The van der Waals surface area contributed by atoms with E-state index in [4.69, 9.17) is 0 Å². The summed E-state index contributed by atoms with van der Waals surface area (Å²) in [4.78, 5) is 28.4. The first-order valence-corrected chi connectivity index (χ1v) is 14.8. The van der Waals surface area contributed by atoms with Crippen molar-refractivity contribution in [1.29, 1.82) is 0 Å². The fourth-order valence-corrected chi connectivity index (χ4v) is 7.97. The molecule has 194 valence electrons. The molecule has 0 N–H and O–H groups in total. The van der Waals surface area contributed by atoms with Gasteiger partial charge in [-0.05, 0) is 22.4 Å². The van der Waals surface area contributed by atoms with E-state index in [-0.39, 0.29) is 11.6 Å². The van der Waals surface area contributed by atoms with Crippen molar-refractivity contribution >= 4 is 45.4 Å². The van der Waals surface area contributed by atoms with E-state index in [0.29, 0.717) is 27.0 Å². The van der Waals surface area contributed by atoms with E-state index < -0.39 is 18.5 Å². The van der Waals surface area contributed by atoms with Crippen LogP contribution in [0.5, 0.6) is 0 Å². The average molecular weight is 531 g/mol. The fraction of sp³-hybridized carbons (Fsp3) is 0.143. The molecule has 0 heterocycles. The molecule has 1 unspecified atom stereocenters. The molecule has 0 aromatic heterocycles. The van der Waals surface area contributed by atoms with E-state index in [1.54, 1.807) is 12.1 Å². The van der Waals surface area contributed by atoms with E-state index in [0.717, 1.165) is 10.8 Å². The Morgan fingerprint density at radius 1 is 0.615 bits per heavy atom. The number of benzene rings is 5. The first-order chi connectivity index (χ1) is 18.7. The van der Waals surface area contributed by atoms with Crippen LogP contribution in [-0.4, -0.2) is 11.6 Å². The van der Waals surface area contributed by atoms with Crippen LogP contribution in [-0.2, 0) is 9.36 Å². The molecular formula is C35H31O3P. The Hall–Kier alpha value is -4.07. The lowest BCUT2D eigenvalue weighted by molar-refractivity contribution is -0.126. The van der Waals surface area contributed by atoms with E-state index in [2.05, 4.69) is 0 Å². The second-order valence-corrected chi connectivity index (χ2v) is 13.5. The molecule has 4 heteroatoms. The molecular weight excluding hydrogens is 499 g/mol. The Kier molecular flexibility index (Phi) is 7.21. The van der Waals surface area contributed by atoms with Gasteiger partial charge in [-0.2, -0.15) is 0 Å². The highest BCUT2D eigenvalue weighted by molar-refractivity contribution is 7.85. The number of Topliss-reactive ketones (excluding diaryl/α,β-unsaturated/α-hetero) is 2. The van der Waals surface area contributed by atoms with Crippen LogP contribution in [0.1, 0.15) is 42.6 Å². The molecule has 0 aliphatic carbocycles. The molecule has 0 radical (unpaired) electrons. The number of rotatable bonds is 7. The lowest BCUT2D eigenvalue weighted by atomic mass is 9.76. The van der Waals surface area contributed by atoms with Gasteiger partial charge in [0.1, 0.15) is 5.92 Å². The van der Waals surface area contributed by atoms with Gasteiger partial charge in [-0.1, -0.05) is 142 Å². The normalized spacial score (nSPS) is 12.7. The number of hydrogen-bond acceptors (Lipinski definition) is 3. The lowest BCUT2D eigenvalue weighted by Crippen LogP contribution is -2.36. The number of hydrogen-bond donors (Lipinski definition) is 0. The standard InChI is InChI=1S/C35H31O3P/c1-35(2,3)34(37)32(33(36)27-23-22-25-14-10-11-15-26(25)24-27)30-20-12-13-21-31(30)39(38,28-16-6-4-7-17-28)29-18-8-5-9-19-29/h4-24,32H,1-3H3. The third-order valence-electron chi connectivity index (χ3n) is 7.12. The van der Waals surface area contributed by atoms with Crippen LogP contribution in [0.2, 0.25) is 0 Å². The summed E-state index contributed by atoms with van der Waals surface area (Å²) < 4.78 is 15.3. The minimum absolute atomic E-state index is 0.208. The number of carbonyl (C=O) groups is 2. The monoisotopic (exact) mass is 530 g/mol. The minimum atomic E-state index is -3.43. The largest absolute Gasteiger partial charge is 0.309 e. The van der Waals surface area contributed by atoms with Gasteiger partial charge in [0.25, 0.3) is 0 Å². The fourth-order valence-electron chi connectivity index (χ4n) is 5.07. The molecule has 0 aliphatic heterocycles. The molecule has 0 bridgehead atoms. The van der Waals surface area contributed by atoms with Gasteiger partial charge in [0.05, 0.1) is 0 Å². The van der Waals surface area contributed by atoms with Crippen molar-refractivity contribution in [1.82, 2.24) is 0 Å². The topological polar surface area (TPSA) is 51.2 Å². The maximum atomic E-state index is 15.3. The van der Waals surface area contributed by atoms with Gasteiger partial charge in [0, 0.05) is 26.9 Å². The Morgan fingerprint density at radius 3 is 1.72 bits per heavy atom. The molecule has 0 saturated carbocycles. The second kappa shape index (κ2) is 10.6. The SMILES string of the molecule is CC(C)(C)C(=O)C(C(=O)c1ccc2ccccc2c1)c1ccccc1P(=O)(c1ccccc1)c1ccccc1. The van der Waals surface area contributed by atoms with Gasteiger partial charge in [-0.25, -0.2) is 0 Å². The first kappa shape index (κ1) is 26.5. The third-order valence-corrected chi connectivity index (χ3v) is 10.3. The zero-order chi connectivity index (χ0) is 27.6. The van der Waals surface area contributed by atoms with E-state index in [1.165, 1.54) is 0 Å². The van der Waals surface area contributed by atoms with Crippen molar-refractivity contribution in [3.63, 3.8) is 0 Å². The molecule has 0 spiro atoms. The van der Waals surface area contributed by atoms with Gasteiger partial charge in [-0.3, -0.25) is 9.59 Å². The highest BCUT2D eigenvalue weighted by Gasteiger charge is 2.41. The summed E-state index contributed by atoms with van der Waals surface area (Å²) in [6.45, 7) is 5.48. The molecule has 0 aliphatic rings. The smallest absolute Gasteiger partial charge is 0.177 e. The Labute approximate surface area is 229 Å². The summed E-state index contributed by atoms with van der Waals surface area (Å²) in [5.74, 6) is -1.61. The van der Waals surface area contributed by atoms with Gasteiger partial charge < -0.3 is 4.57 Å². The molecule has 0 amide bonds. The lowest BCUT2D eigenvalue weighted by Gasteiger charge is -2.29. The zero-order valence-electron chi connectivity index (χ0n) is 22.4. The third kappa shape index (κ3) is 5.03. The summed E-state index contributed by atoms with van der Waals surface area (Å²) in [6, 6.07) is 39.3. The van der Waals surface area contributed by atoms with Crippen LogP contribution in [0, 0.1) is 5.41 Å². The van der Waals surface area contributed by atoms with Crippen molar-refractivity contribution < 1.29 is 14.2 Å². The van der Waals surface area contributed by atoms with Gasteiger partial charge in [-0.15, -0.1) is 0 Å². The van der Waals surface area contributed by atoms with Crippen LogP contribution < -0.4 is 15.9 Å². The van der Waals surface area contributed by atoms with E-state index >= 15 is 4.57 Å². The van der Waals surface area contributed by atoms with Gasteiger partial charge in [0.15, 0.2) is 18.7 Å². The van der Waals surface area contributed by atoms with Crippen LogP contribution in [0.4, 0.5) is 0 Å². The molecule has 39 heavy (non-hydrogen) atoms. The molecule has 1 atom stereocenters. The summed E-state index contributed by atoms with van der Waals surface area (Å²) in [6.07, 6.45) is 0. The highest BCUT2D eigenvalue weighted by atomic mass is 31.2. The maximum Gasteiger partial charge on any atom is 0.177 e. The van der Waals surface area contributed by atoms with E-state index in [1.807, 2.05) is 136 Å². The second-order valence-electron chi connectivity index (χ2n) is 10.8. The summed E-state index contributed by atoms with van der Waals surface area (Å²) >= 11 is 0. The van der Waals surface area contributed by atoms with Crippen LogP contribution in [0.3, 0.4) is 0 Å². The summed E-state index contributed by atoms with van der Waals surface area (Å²) in [5, 5.41) is 3.77. The Balaban J connectivity index is 1.76. The molecule has 0 fully saturated rings. The molecule has 3 nitrogen and oxygen atoms in total. The Morgan fingerprint density at radius 2 is 1.13 bits per heavy atom. The number of fused-ring (bicyclic) bond motifs is 1. The van der Waals surface area contributed by atoms with Crippen molar-refractivity contribution in [3.8, 4) is 0 Å². The average Bonchev–Trinajstić information content (AvgIpc) is 2.97. The van der Waals surface area contributed by atoms with Crippen LogP contribution in [0.25, 0.3) is 10.8 Å². The molecule has 0 saturated heterocycles. The van der Waals surface area contributed by atoms with Crippen molar-refractivity contribution in [2.24, 2.45) is 5.41 Å². The first-order valence-electron chi connectivity index (χ1n) is 13.1. The predicted octanol–water partition coefficient (Wildman–Crippen LogP) is 7.06. The van der Waals surface area contributed by atoms with Crippen LogP contribution in [0.15, 0.2) is 127 Å². The van der Waals surface area contributed by atoms with Crippen molar-refractivity contribution in [2.45, 2.75) is 26.7 Å².